The van der Waals surface area contributed by atoms with Gasteiger partial charge in [-0.15, -0.1) is 0 Å². The lowest BCUT2D eigenvalue weighted by Crippen LogP contribution is -2.35. The van der Waals surface area contributed by atoms with Gasteiger partial charge in [-0.3, -0.25) is 0 Å². The molecule has 1 atom stereocenters. The van der Waals surface area contributed by atoms with E-state index in [9.17, 15) is 10.2 Å². The minimum absolute atomic E-state index is 0.110. The molecule has 0 heterocycles. The Hall–Kier alpha value is -0.160. The maximum absolute atomic E-state index is 9.76. The largest absolute Gasteiger partial charge is 0.396 e. The Morgan fingerprint density at radius 2 is 1.85 bits per heavy atom. The normalized spacial score (nSPS) is 18.1. The topological polar surface area (TPSA) is 61.7 Å². The Balaban J connectivity index is 1.81. The molecule has 0 amide bonds. The lowest BCUT2D eigenvalue weighted by atomic mass is 10.1. The zero-order valence-corrected chi connectivity index (χ0v) is 13.1. The number of unbranched alkanes of at least 4 members (excludes halogenated alkanes) is 5. The van der Waals surface area contributed by atoms with Gasteiger partial charge in [0.1, 0.15) is 0 Å². The average Bonchev–Trinajstić information content (AvgIpc) is 3.22. The molecule has 3 N–H and O–H groups in total. The number of hydrogen-bond acceptors (Lipinski definition) is 4. The molecule has 1 rings (SSSR count). The quantitative estimate of drug-likeness (QED) is 0.428. The highest BCUT2D eigenvalue weighted by atomic mass is 16.5. The third-order valence-corrected chi connectivity index (χ3v) is 4.12. The van der Waals surface area contributed by atoms with Crippen molar-refractivity contribution in [1.82, 2.24) is 5.32 Å². The van der Waals surface area contributed by atoms with E-state index in [1.807, 2.05) is 0 Å². The summed E-state index contributed by atoms with van der Waals surface area (Å²) < 4.78 is 5.49. The molecule has 4 nitrogen and oxygen atoms in total. The molecule has 0 aromatic heterocycles. The van der Waals surface area contributed by atoms with E-state index in [1.165, 1.54) is 32.1 Å². The van der Waals surface area contributed by atoms with Crippen molar-refractivity contribution >= 4 is 0 Å². The molecule has 1 saturated carbocycles. The zero-order valence-electron chi connectivity index (χ0n) is 13.1. The Labute approximate surface area is 123 Å². The van der Waals surface area contributed by atoms with Gasteiger partial charge in [-0.2, -0.15) is 0 Å². The number of aliphatic hydroxyl groups is 2. The van der Waals surface area contributed by atoms with Crippen LogP contribution in [0.25, 0.3) is 0 Å². The maximum atomic E-state index is 9.76. The molecule has 1 unspecified atom stereocenters. The molecule has 0 radical (unpaired) electrons. The van der Waals surface area contributed by atoms with Gasteiger partial charge in [0.15, 0.2) is 0 Å². The van der Waals surface area contributed by atoms with Crippen LogP contribution >= 0.6 is 0 Å². The minimum Gasteiger partial charge on any atom is -0.396 e. The van der Waals surface area contributed by atoms with E-state index in [1.54, 1.807) is 0 Å². The molecule has 0 spiro atoms. The highest BCUT2D eigenvalue weighted by Crippen LogP contribution is 2.44. The summed E-state index contributed by atoms with van der Waals surface area (Å²) in [7, 11) is 0. The predicted octanol–water partition coefficient (Wildman–Crippen LogP) is 2.09. The third kappa shape index (κ3) is 8.20. The van der Waals surface area contributed by atoms with Crippen molar-refractivity contribution in [2.45, 2.75) is 64.4 Å². The van der Waals surface area contributed by atoms with Crippen LogP contribution in [0.2, 0.25) is 0 Å². The summed E-state index contributed by atoms with van der Waals surface area (Å²) in [6.45, 7) is 5.00. The maximum Gasteiger partial charge on any atom is 0.0897 e. The van der Waals surface area contributed by atoms with Gasteiger partial charge in [-0.05, 0) is 19.3 Å². The van der Waals surface area contributed by atoms with Crippen LogP contribution in [0.4, 0.5) is 0 Å². The van der Waals surface area contributed by atoms with Crippen molar-refractivity contribution in [3.8, 4) is 0 Å². The summed E-state index contributed by atoms with van der Waals surface area (Å²) in [5.41, 5.74) is 0.110. The molecule has 1 aliphatic carbocycles. The van der Waals surface area contributed by atoms with Crippen LogP contribution in [0.5, 0.6) is 0 Å². The van der Waals surface area contributed by atoms with Crippen LogP contribution in [0.1, 0.15) is 58.3 Å². The summed E-state index contributed by atoms with van der Waals surface area (Å²) in [5.74, 6) is 0. The highest BCUT2D eigenvalue weighted by molar-refractivity contribution is 4.94. The smallest absolute Gasteiger partial charge is 0.0897 e. The summed E-state index contributed by atoms with van der Waals surface area (Å²) >= 11 is 0. The van der Waals surface area contributed by atoms with Crippen LogP contribution < -0.4 is 5.32 Å². The van der Waals surface area contributed by atoms with Gasteiger partial charge < -0.3 is 20.3 Å². The van der Waals surface area contributed by atoms with E-state index in [2.05, 4.69) is 12.2 Å². The molecular formula is C16H33NO3. The fraction of sp³-hybridized carbons (Fsp3) is 1.00. The van der Waals surface area contributed by atoms with Crippen molar-refractivity contribution in [2.24, 2.45) is 5.41 Å². The summed E-state index contributed by atoms with van der Waals surface area (Å²) in [4.78, 5) is 0. The zero-order chi connectivity index (χ0) is 14.7. The summed E-state index contributed by atoms with van der Waals surface area (Å²) in [6.07, 6.45) is 9.32. The number of ether oxygens (including phenoxy) is 1. The van der Waals surface area contributed by atoms with Gasteiger partial charge in [0.25, 0.3) is 0 Å². The van der Waals surface area contributed by atoms with E-state index in [-0.39, 0.29) is 12.0 Å². The Kier molecular flexibility index (Phi) is 9.44. The lowest BCUT2D eigenvalue weighted by Gasteiger charge is -2.16. The second-order valence-electron chi connectivity index (χ2n) is 6.29. The van der Waals surface area contributed by atoms with E-state index >= 15 is 0 Å². The van der Waals surface area contributed by atoms with Gasteiger partial charge >= 0.3 is 0 Å². The molecule has 1 aliphatic rings. The number of nitrogens with one attached hydrogen (secondary N) is 1. The fourth-order valence-corrected chi connectivity index (χ4v) is 2.33. The van der Waals surface area contributed by atoms with Crippen LogP contribution in [-0.2, 0) is 4.74 Å². The average molecular weight is 287 g/mol. The van der Waals surface area contributed by atoms with Crippen LogP contribution in [0.3, 0.4) is 0 Å². The number of hydrogen-bond donors (Lipinski definition) is 3. The number of rotatable bonds is 14. The van der Waals surface area contributed by atoms with Gasteiger partial charge in [0, 0.05) is 31.7 Å². The van der Waals surface area contributed by atoms with E-state index < -0.39 is 6.10 Å². The Bertz CT molecular complexity index is 232. The van der Waals surface area contributed by atoms with Crippen molar-refractivity contribution in [3.05, 3.63) is 0 Å². The molecule has 4 heteroatoms. The van der Waals surface area contributed by atoms with Crippen LogP contribution in [-0.4, -0.2) is 49.2 Å². The SMILES string of the molecule is CCCCCCCCOCC(O)CNCC1(CO)CC1. The standard InChI is InChI=1S/C16H33NO3/c1-2-3-4-5-6-7-10-20-12-15(19)11-17-13-16(14-18)8-9-16/h15,17-19H,2-14H2,1H3. The van der Waals surface area contributed by atoms with Crippen molar-refractivity contribution in [1.29, 1.82) is 0 Å². The van der Waals surface area contributed by atoms with E-state index in [0.717, 1.165) is 32.4 Å². The van der Waals surface area contributed by atoms with Gasteiger partial charge in [0.05, 0.1) is 12.7 Å². The first-order valence-electron chi connectivity index (χ1n) is 8.30. The second-order valence-corrected chi connectivity index (χ2v) is 6.29. The fourth-order valence-electron chi connectivity index (χ4n) is 2.33. The molecule has 0 bridgehead atoms. The second kappa shape index (κ2) is 10.6. The molecule has 0 aromatic rings. The van der Waals surface area contributed by atoms with E-state index in [0.29, 0.717) is 13.2 Å². The monoisotopic (exact) mass is 287 g/mol. The summed E-state index contributed by atoms with van der Waals surface area (Å²) in [6, 6.07) is 0. The molecule has 120 valence electrons. The molecule has 0 saturated heterocycles. The highest BCUT2D eigenvalue weighted by Gasteiger charge is 2.41. The predicted molar refractivity (Wildman–Crippen MR) is 81.8 cm³/mol. The third-order valence-electron chi connectivity index (χ3n) is 4.12. The molecule has 0 aromatic carbocycles. The lowest BCUT2D eigenvalue weighted by molar-refractivity contribution is 0.0344. The first-order valence-corrected chi connectivity index (χ1v) is 8.30. The Morgan fingerprint density at radius 1 is 1.15 bits per heavy atom. The molecule has 1 fully saturated rings. The first kappa shape index (κ1) is 17.9. The van der Waals surface area contributed by atoms with Crippen molar-refractivity contribution in [2.75, 3.05) is 32.9 Å². The summed E-state index contributed by atoms with van der Waals surface area (Å²) in [5, 5.41) is 22.2. The van der Waals surface area contributed by atoms with Gasteiger partial charge in [-0.25, -0.2) is 0 Å². The number of aliphatic hydroxyl groups excluding tert-OH is 2. The van der Waals surface area contributed by atoms with Crippen LogP contribution in [0, 0.1) is 5.41 Å². The molecule has 0 aliphatic heterocycles. The van der Waals surface area contributed by atoms with Crippen molar-refractivity contribution in [3.63, 3.8) is 0 Å². The van der Waals surface area contributed by atoms with E-state index in [4.69, 9.17) is 4.74 Å². The Morgan fingerprint density at radius 3 is 2.50 bits per heavy atom. The molecular weight excluding hydrogens is 254 g/mol. The van der Waals surface area contributed by atoms with Crippen LogP contribution in [0.15, 0.2) is 0 Å². The molecule has 20 heavy (non-hydrogen) atoms. The van der Waals surface area contributed by atoms with Crippen molar-refractivity contribution < 1.29 is 14.9 Å². The minimum atomic E-state index is -0.440. The van der Waals surface area contributed by atoms with Gasteiger partial charge in [0.2, 0.25) is 0 Å². The van der Waals surface area contributed by atoms with Gasteiger partial charge in [-0.1, -0.05) is 39.0 Å². The first-order chi connectivity index (χ1) is 9.72.